The number of benzene rings is 2. The zero-order valence-electron chi connectivity index (χ0n) is 15.9. The van der Waals surface area contributed by atoms with Crippen LogP contribution in [-0.4, -0.2) is 30.6 Å². The van der Waals surface area contributed by atoms with Gasteiger partial charge in [0.25, 0.3) is 0 Å². The van der Waals surface area contributed by atoms with E-state index in [1.54, 1.807) is 19.2 Å². The topological polar surface area (TPSA) is 54.1 Å². The first-order chi connectivity index (χ1) is 14.0. The minimum Gasteiger partial charge on any atom is -0.384 e. The minimum absolute atomic E-state index is 0.00813. The van der Waals surface area contributed by atoms with Crippen molar-refractivity contribution in [2.45, 2.75) is 31.2 Å². The molecule has 3 aromatic rings. The van der Waals surface area contributed by atoms with E-state index in [-0.39, 0.29) is 29.2 Å². The number of H-pyrrole nitrogens is 1. The summed E-state index contributed by atoms with van der Waals surface area (Å²) < 4.78 is 46.6. The lowest BCUT2D eigenvalue weighted by Gasteiger charge is -2.36. The van der Waals surface area contributed by atoms with Gasteiger partial charge in [0.05, 0.1) is 17.8 Å². The Balaban J connectivity index is 1.65. The Morgan fingerprint density at radius 3 is 2.55 bits per heavy atom. The highest BCUT2D eigenvalue weighted by Gasteiger charge is 2.35. The van der Waals surface area contributed by atoms with E-state index in [0.717, 1.165) is 11.6 Å². The zero-order valence-corrected chi connectivity index (χ0v) is 15.9. The number of nitrogens with one attached hydrogen (secondary N) is 2. The molecule has 2 N–H and O–H groups in total. The third kappa shape index (κ3) is 3.87. The molecule has 0 bridgehead atoms. The van der Waals surface area contributed by atoms with Crippen molar-refractivity contribution in [1.82, 2.24) is 10.3 Å². The number of aromatic amines is 1. The van der Waals surface area contributed by atoms with Crippen LogP contribution < -0.4 is 5.32 Å². The Labute approximate surface area is 166 Å². The Morgan fingerprint density at radius 1 is 1.14 bits per heavy atom. The van der Waals surface area contributed by atoms with Crippen LogP contribution in [0.1, 0.15) is 30.7 Å². The molecule has 29 heavy (non-hydrogen) atoms. The number of hydrogen-bond acceptors (Lipinski definition) is 2. The van der Waals surface area contributed by atoms with Crippen LogP contribution in [-0.2, 0) is 9.53 Å². The monoisotopic (exact) mass is 402 g/mol. The minimum atomic E-state index is -0.668. The molecule has 152 valence electrons. The molecule has 1 heterocycles. The van der Waals surface area contributed by atoms with Crippen molar-refractivity contribution >= 4 is 16.8 Å². The van der Waals surface area contributed by atoms with Crippen LogP contribution in [0.25, 0.3) is 22.2 Å². The van der Waals surface area contributed by atoms with Crippen LogP contribution in [0.5, 0.6) is 0 Å². The van der Waals surface area contributed by atoms with E-state index in [1.165, 1.54) is 18.2 Å². The molecular weight excluding hydrogens is 381 g/mol. The lowest BCUT2D eigenvalue weighted by Crippen LogP contribution is -2.43. The van der Waals surface area contributed by atoms with Crippen molar-refractivity contribution in [2.24, 2.45) is 0 Å². The van der Waals surface area contributed by atoms with Gasteiger partial charge in [-0.3, -0.25) is 4.79 Å². The molecule has 2 aromatic carbocycles. The van der Waals surface area contributed by atoms with Gasteiger partial charge in [-0.1, -0.05) is 0 Å². The number of aromatic nitrogens is 1. The standard InChI is InChI=1S/C22H21F3N2O2/c1-29-7-6-19(28)26-16-8-13(9-16)20-17-10-15(24)11-18(25)22(17)27-21(20)12-2-4-14(23)5-3-12/h2-5,10-11,13,16,27H,6-9H2,1H3,(H,26,28)/t13-,16-. The lowest BCUT2D eigenvalue weighted by atomic mass is 9.74. The number of halogens is 3. The molecule has 4 nitrogen and oxygen atoms in total. The molecule has 0 radical (unpaired) electrons. The van der Waals surface area contributed by atoms with Gasteiger partial charge in [0, 0.05) is 31.0 Å². The molecule has 0 atom stereocenters. The molecule has 1 saturated carbocycles. The highest BCUT2D eigenvalue weighted by Crippen LogP contribution is 2.45. The predicted octanol–water partition coefficient (Wildman–Crippen LogP) is 4.65. The molecule has 0 saturated heterocycles. The molecule has 1 fully saturated rings. The van der Waals surface area contributed by atoms with Gasteiger partial charge in [-0.15, -0.1) is 0 Å². The van der Waals surface area contributed by atoms with Crippen molar-refractivity contribution in [3.05, 3.63) is 59.4 Å². The van der Waals surface area contributed by atoms with Crippen molar-refractivity contribution in [2.75, 3.05) is 13.7 Å². The summed E-state index contributed by atoms with van der Waals surface area (Å²) >= 11 is 0. The molecule has 0 spiro atoms. The van der Waals surface area contributed by atoms with Crippen LogP contribution >= 0.6 is 0 Å². The number of carbonyl (C=O) groups excluding carboxylic acids is 1. The first-order valence-electron chi connectivity index (χ1n) is 9.51. The molecule has 7 heteroatoms. The van der Waals surface area contributed by atoms with Gasteiger partial charge in [-0.25, -0.2) is 13.2 Å². The van der Waals surface area contributed by atoms with Crippen LogP contribution in [0.4, 0.5) is 13.2 Å². The summed E-state index contributed by atoms with van der Waals surface area (Å²) in [5.74, 6) is -1.74. The van der Waals surface area contributed by atoms with Gasteiger partial charge in [0.15, 0.2) is 0 Å². The Morgan fingerprint density at radius 2 is 1.86 bits per heavy atom. The second kappa shape index (κ2) is 7.91. The van der Waals surface area contributed by atoms with Crippen molar-refractivity contribution < 1.29 is 22.7 Å². The van der Waals surface area contributed by atoms with E-state index in [1.807, 2.05) is 0 Å². The maximum Gasteiger partial charge on any atom is 0.222 e. The van der Waals surface area contributed by atoms with Gasteiger partial charge < -0.3 is 15.0 Å². The van der Waals surface area contributed by atoms with Gasteiger partial charge in [0.2, 0.25) is 5.91 Å². The van der Waals surface area contributed by atoms with E-state index in [9.17, 15) is 18.0 Å². The zero-order chi connectivity index (χ0) is 20.5. The summed E-state index contributed by atoms with van der Waals surface area (Å²) in [5.41, 5.74) is 2.38. The molecule has 1 aromatic heterocycles. The van der Waals surface area contributed by atoms with Crippen LogP contribution in [0.15, 0.2) is 36.4 Å². The molecule has 1 amide bonds. The molecule has 1 aliphatic carbocycles. The molecule has 0 unspecified atom stereocenters. The summed E-state index contributed by atoms with van der Waals surface area (Å²) in [5, 5.41) is 3.44. The van der Waals surface area contributed by atoms with E-state index in [4.69, 9.17) is 4.74 Å². The Bertz CT molecular complexity index is 1040. The SMILES string of the molecule is COCCC(=O)N[C@H]1C[C@H](c2c(-c3ccc(F)cc3)[nH]c3c(F)cc(F)cc32)C1. The average Bonchev–Trinajstić information content (AvgIpc) is 3.02. The third-order valence-electron chi connectivity index (χ3n) is 5.44. The maximum atomic E-state index is 14.4. The molecule has 4 rings (SSSR count). The molecule has 0 aliphatic heterocycles. The summed E-state index contributed by atoms with van der Waals surface area (Å²) in [4.78, 5) is 14.9. The summed E-state index contributed by atoms with van der Waals surface area (Å²) in [6.07, 6.45) is 1.62. The number of hydrogen-bond donors (Lipinski definition) is 2. The fourth-order valence-corrected chi connectivity index (χ4v) is 3.97. The summed E-state index contributed by atoms with van der Waals surface area (Å²) in [6.45, 7) is 0.359. The Kier molecular flexibility index (Phi) is 5.32. The van der Waals surface area contributed by atoms with Crippen LogP contribution in [0.3, 0.4) is 0 Å². The normalized spacial score (nSPS) is 18.6. The smallest absolute Gasteiger partial charge is 0.222 e. The number of fused-ring (bicyclic) bond motifs is 1. The quantitative estimate of drug-likeness (QED) is 0.631. The fourth-order valence-electron chi connectivity index (χ4n) is 3.97. The van der Waals surface area contributed by atoms with Crippen molar-refractivity contribution in [3.63, 3.8) is 0 Å². The first kappa shape index (κ1) is 19.5. The highest BCUT2D eigenvalue weighted by atomic mass is 19.1. The van der Waals surface area contributed by atoms with Gasteiger partial charge >= 0.3 is 0 Å². The fraction of sp³-hybridized carbons (Fsp3) is 0.318. The van der Waals surface area contributed by atoms with Crippen molar-refractivity contribution in [3.8, 4) is 11.3 Å². The number of carbonyl (C=O) groups is 1. The van der Waals surface area contributed by atoms with Gasteiger partial charge in [-0.05, 0) is 60.2 Å². The number of methoxy groups -OCH3 is 1. The number of rotatable bonds is 6. The van der Waals surface area contributed by atoms with Crippen LogP contribution in [0, 0.1) is 17.5 Å². The number of ether oxygens (including phenoxy) is 1. The molecular formula is C22H21F3N2O2. The van der Waals surface area contributed by atoms with E-state index in [2.05, 4.69) is 10.3 Å². The predicted molar refractivity (Wildman–Crippen MR) is 104 cm³/mol. The van der Waals surface area contributed by atoms with E-state index >= 15 is 0 Å². The molecule has 1 aliphatic rings. The third-order valence-corrected chi connectivity index (χ3v) is 5.44. The largest absolute Gasteiger partial charge is 0.384 e. The highest BCUT2D eigenvalue weighted by molar-refractivity contribution is 5.92. The average molecular weight is 402 g/mol. The second-order valence-corrected chi connectivity index (χ2v) is 7.41. The second-order valence-electron chi connectivity index (χ2n) is 7.41. The van der Waals surface area contributed by atoms with Crippen LogP contribution in [0.2, 0.25) is 0 Å². The summed E-state index contributed by atoms with van der Waals surface area (Å²) in [7, 11) is 1.54. The van der Waals surface area contributed by atoms with Gasteiger partial charge in [0.1, 0.15) is 17.5 Å². The van der Waals surface area contributed by atoms with E-state index < -0.39 is 11.6 Å². The van der Waals surface area contributed by atoms with Crippen molar-refractivity contribution in [1.29, 1.82) is 0 Å². The maximum absolute atomic E-state index is 14.4. The van der Waals surface area contributed by atoms with E-state index in [0.29, 0.717) is 42.5 Å². The Hall–Kier alpha value is -2.80. The van der Waals surface area contributed by atoms with Gasteiger partial charge in [-0.2, -0.15) is 0 Å². The lowest BCUT2D eigenvalue weighted by molar-refractivity contribution is -0.123. The first-order valence-corrected chi connectivity index (χ1v) is 9.51. The summed E-state index contributed by atoms with van der Waals surface area (Å²) in [6, 6.07) is 8.07. The number of amides is 1.